The molecule has 1 aliphatic rings. The third-order valence-corrected chi connectivity index (χ3v) is 4.33. The Bertz CT molecular complexity index is 516. The van der Waals surface area contributed by atoms with E-state index in [2.05, 4.69) is 25.7 Å². The summed E-state index contributed by atoms with van der Waals surface area (Å²) in [6.45, 7) is 8.26. The number of anilines is 1. The Labute approximate surface area is 126 Å². The van der Waals surface area contributed by atoms with Crippen molar-refractivity contribution in [1.82, 2.24) is 0 Å². The molecular formula is C17H22ClNO. The number of carbonyl (C=O) groups excluding carboxylic acids is 1. The van der Waals surface area contributed by atoms with Crippen LogP contribution >= 0.6 is 11.6 Å². The van der Waals surface area contributed by atoms with Crippen molar-refractivity contribution in [3.05, 3.63) is 35.4 Å². The molecule has 0 atom stereocenters. The Kier molecular flexibility index (Phi) is 4.87. The van der Waals surface area contributed by atoms with Crippen LogP contribution in [0, 0.1) is 11.8 Å². The molecule has 1 amide bonds. The van der Waals surface area contributed by atoms with Gasteiger partial charge in [-0.05, 0) is 48.1 Å². The summed E-state index contributed by atoms with van der Waals surface area (Å²) in [6.07, 6.45) is 4.33. The van der Waals surface area contributed by atoms with Crippen molar-refractivity contribution < 1.29 is 4.79 Å². The fourth-order valence-corrected chi connectivity index (χ4v) is 2.83. The molecular weight excluding hydrogens is 270 g/mol. The third kappa shape index (κ3) is 3.43. The van der Waals surface area contributed by atoms with Crippen molar-refractivity contribution in [2.75, 3.05) is 5.32 Å². The average molecular weight is 292 g/mol. The summed E-state index contributed by atoms with van der Waals surface area (Å²) in [4.78, 5) is 12.1. The smallest absolute Gasteiger partial charge is 0.227 e. The van der Waals surface area contributed by atoms with Gasteiger partial charge in [0.05, 0.1) is 0 Å². The maximum absolute atomic E-state index is 12.1. The van der Waals surface area contributed by atoms with Gasteiger partial charge in [-0.3, -0.25) is 4.79 Å². The fourth-order valence-electron chi connectivity index (χ4n) is 2.59. The van der Waals surface area contributed by atoms with Crippen molar-refractivity contribution in [3.8, 4) is 0 Å². The molecule has 0 unspecified atom stereocenters. The van der Waals surface area contributed by atoms with E-state index in [1.807, 2.05) is 18.2 Å². The molecule has 1 aliphatic carbocycles. The van der Waals surface area contributed by atoms with Crippen molar-refractivity contribution in [2.45, 2.75) is 39.5 Å². The number of halogens is 1. The minimum Gasteiger partial charge on any atom is -0.326 e. The molecule has 1 N–H and O–H groups in total. The van der Waals surface area contributed by atoms with Gasteiger partial charge in [0.1, 0.15) is 0 Å². The molecule has 1 aromatic carbocycles. The summed E-state index contributed by atoms with van der Waals surface area (Å²) < 4.78 is 0. The second-order valence-corrected chi connectivity index (χ2v) is 6.25. The predicted octanol–water partition coefficient (Wildman–Crippen LogP) is 5.14. The first-order valence-corrected chi connectivity index (χ1v) is 7.66. The maximum atomic E-state index is 12.1. The molecule has 2 nitrogen and oxygen atoms in total. The van der Waals surface area contributed by atoms with Crippen LogP contribution in [0.3, 0.4) is 0 Å². The largest absolute Gasteiger partial charge is 0.326 e. The highest BCUT2D eigenvalue weighted by molar-refractivity contribution is 6.32. The zero-order valence-electron chi connectivity index (χ0n) is 12.2. The summed E-state index contributed by atoms with van der Waals surface area (Å²) in [7, 11) is 0. The van der Waals surface area contributed by atoms with Crippen molar-refractivity contribution in [2.24, 2.45) is 11.8 Å². The van der Waals surface area contributed by atoms with Crippen LogP contribution < -0.4 is 5.32 Å². The van der Waals surface area contributed by atoms with E-state index >= 15 is 0 Å². The van der Waals surface area contributed by atoms with E-state index in [0.29, 0.717) is 10.9 Å². The van der Waals surface area contributed by atoms with Gasteiger partial charge >= 0.3 is 0 Å². The molecule has 1 saturated carbocycles. The van der Waals surface area contributed by atoms with E-state index in [1.165, 1.54) is 0 Å². The first-order chi connectivity index (χ1) is 9.49. The fraction of sp³-hybridized carbons (Fsp3) is 0.471. The van der Waals surface area contributed by atoms with Crippen molar-refractivity contribution in [3.63, 3.8) is 0 Å². The van der Waals surface area contributed by atoms with Gasteiger partial charge in [0.25, 0.3) is 0 Å². The van der Waals surface area contributed by atoms with Crippen LogP contribution in [0.15, 0.2) is 24.8 Å². The zero-order valence-corrected chi connectivity index (χ0v) is 13.0. The van der Waals surface area contributed by atoms with Gasteiger partial charge < -0.3 is 5.32 Å². The second kappa shape index (κ2) is 6.45. The number of allylic oxidation sites excluding steroid dienone is 1. The van der Waals surface area contributed by atoms with E-state index in [0.717, 1.165) is 42.5 Å². The quantitative estimate of drug-likeness (QED) is 0.818. The van der Waals surface area contributed by atoms with Crippen LogP contribution in [0.5, 0.6) is 0 Å². The van der Waals surface area contributed by atoms with E-state index in [1.54, 1.807) is 0 Å². The minimum absolute atomic E-state index is 0.130. The van der Waals surface area contributed by atoms with E-state index in [9.17, 15) is 4.79 Å². The molecule has 0 aromatic heterocycles. The van der Waals surface area contributed by atoms with Gasteiger partial charge in [-0.15, -0.1) is 0 Å². The molecule has 0 aliphatic heterocycles. The first kappa shape index (κ1) is 15.1. The van der Waals surface area contributed by atoms with Crippen molar-refractivity contribution in [1.29, 1.82) is 0 Å². The Balaban J connectivity index is 2.14. The first-order valence-electron chi connectivity index (χ1n) is 7.28. The number of nitrogens with one attached hydrogen (secondary N) is 1. The minimum atomic E-state index is 0.130. The third-order valence-electron chi connectivity index (χ3n) is 4.00. The maximum Gasteiger partial charge on any atom is 0.227 e. The van der Waals surface area contributed by atoms with Gasteiger partial charge in [0.2, 0.25) is 5.91 Å². The Morgan fingerprint density at radius 3 is 2.60 bits per heavy atom. The lowest BCUT2D eigenvalue weighted by molar-refractivity contribution is -0.119. The topological polar surface area (TPSA) is 29.1 Å². The number of hydrogen-bond acceptors (Lipinski definition) is 1. The highest BCUT2D eigenvalue weighted by Gasteiger charge is 2.22. The predicted molar refractivity (Wildman–Crippen MR) is 85.9 cm³/mol. The van der Waals surface area contributed by atoms with Gasteiger partial charge in [-0.25, -0.2) is 0 Å². The lowest BCUT2D eigenvalue weighted by Gasteiger charge is -2.15. The monoisotopic (exact) mass is 291 g/mol. The van der Waals surface area contributed by atoms with Crippen LogP contribution in [0.25, 0.3) is 5.57 Å². The molecule has 1 fully saturated rings. The Hall–Kier alpha value is -1.28. The standard InChI is InChI=1S/C17H22ClNO/c1-11(2)12(3)15-10-14(8-9-16(15)18)19-17(20)13-6-4-5-7-13/h8-11,13H,3-7H2,1-2H3,(H,19,20). The molecule has 1 aromatic rings. The number of amides is 1. The molecule has 0 spiro atoms. The van der Waals surface area contributed by atoms with Gasteiger partial charge in [0, 0.05) is 16.6 Å². The van der Waals surface area contributed by atoms with Crippen LogP contribution in [0.2, 0.25) is 5.02 Å². The number of benzene rings is 1. The number of hydrogen-bond donors (Lipinski definition) is 1. The summed E-state index contributed by atoms with van der Waals surface area (Å²) in [5, 5.41) is 3.69. The average Bonchev–Trinajstić information content (AvgIpc) is 2.94. The highest BCUT2D eigenvalue weighted by Crippen LogP contribution is 2.31. The summed E-state index contributed by atoms with van der Waals surface area (Å²) >= 11 is 6.23. The number of carbonyl (C=O) groups is 1. The lowest BCUT2D eigenvalue weighted by Crippen LogP contribution is -2.20. The lowest BCUT2D eigenvalue weighted by atomic mass is 9.96. The van der Waals surface area contributed by atoms with Crippen LogP contribution in [-0.2, 0) is 4.79 Å². The zero-order chi connectivity index (χ0) is 14.7. The Morgan fingerprint density at radius 1 is 1.35 bits per heavy atom. The molecule has 0 bridgehead atoms. The van der Waals surface area contributed by atoms with Crippen LogP contribution in [0.4, 0.5) is 5.69 Å². The Morgan fingerprint density at radius 2 is 2.00 bits per heavy atom. The van der Waals surface area contributed by atoms with Crippen LogP contribution in [0.1, 0.15) is 45.1 Å². The molecule has 2 rings (SSSR count). The SMILES string of the molecule is C=C(c1cc(NC(=O)C2CCCC2)ccc1Cl)C(C)C. The van der Waals surface area contributed by atoms with Gasteiger partial charge in [-0.2, -0.15) is 0 Å². The van der Waals surface area contributed by atoms with Crippen molar-refractivity contribution >= 4 is 28.8 Å². The molecule has 20 heavy (non-hydrogen) atoms. The summed E-state index contributed by atoms with van der Waals surface area (Å²) in [6, 6.07) is 5.61. The van der Waals surface area contributed by atoms with Gasteiger partial charge in [-0.1, -0.05) is 44.9 Å². The molecule has 0 heterocycles. The van der Waals surface area contributed by atoms with Gasteiger partial charge in [0.15, 0.2) is 0 Å². The van der Waals surface area contributed by atoms with E-state index in [-0.39, 0.29) is 11.8 Å². The highest BCUT2D eigenvalue weighted by atomic mass is 35.5. The summed E-state index contributed by atoms with van der Waals surface area (Å²) in [5.74, 6) is 0.627. The van der Waals surface area contributed by atoms with E-state index < -0.39 is 0 Å². The van der Waals surface area contributed by atoms with Crippen LogP contribution in [-0.4, -0.2) is 5.91 Å². The molecule has 108 valence electrons. The molecule has 3 heteroatoms. The number of rotatable bonds is 4. The molecule has 0 saturated heterocycles. The normalized spacial score (nSPS) is 15.6. The summed E-state index contributed by atoms with van der Waals surface area (Å²) in [5.41, 5.74) is 2.72. The van der Waals surface area contributed by atoms with E-state index in [4.69, 9.17) is 11.6 Å². The second-order valence-electron chi connectivity index (χ2n) is 5.85. The molecule has 0 radical (unpaired) electrons.